The lowest BCUT2D eigenvalue weighted by Crippen LogP contribution is -2.43. The summed E-state index contributed by atoms with van der Waals surface area (Å²) in [6.07, 6.45) is 1.41. The first-order valence-electron chi connectivity index (χ1n) is 6.88. The van der Waals surface area contributed by atoms with Gasteiger partial charge in [-0.05, 0) is 24.1 Å². The number of nitrogens with zero attached hydrogens (tertiary/aromatic N) is 1. The fourth-order valence-corrected chi connectivity index (χ4v) is 4.29. The van der Waals surface area contributed by atoms with Crippen molar-refractivity contribution < 1.29 is 13.2 Å². The molecule has 1 aliphatic rings. The van der Waals surface area contributed by atoms with Gasteiger partial charge >= 0.3 is 0 Å². The van der Waals surface area contributed by atoms with Crippen molar-refractivity contribution in [3.8, 4) is 0 Å². The van der Waals surface area contributed by atoms with Crippen molar-refractivity contribution in [1.29, 1.82) is 0 Å². The van der Waals surface area contributed by atoms with Crippen LogP contribution in [-0.4, -0.2) is 38.2 Å². The third-order valence-corrected chi connectivity index (χ3v) is 5.82. The SMILES string of the molecule is CCCCS(=O)(=O)N1CCOC(c2cccc(Br)c2)C1. The van der Waals surface area contributed by atoms with E-state index in [9.17, 15) is 8.42 Å². The first-order chi connectivity index (χ1) is 9.53. The lowest BCUT2D eigenvalue weighted by molar-refractivity contribution is -0.00257. The standard InChI is InChI=1S/C14H20BrNO3S/c1-2-3-9-20(17,18)16-7-8-19-14(11-16)12-5-4-6-13(15)10-12/h4-6,10,14H,2-3,7-9,11H2,1H3. The van der Waals surface area contributed by atoms with Crippen molar-refractivity contribution in [2.45, 2.75) is 25.9 Å². The molecule has 1 atom stereocenters. The molecule has 6 heteroatoms. The molecule has 1 aliphatic heterocycles. The molecule has 1 saturated heterocycles. The van der Waals surface area contributed by atoms with Crippen LogP contribution in [0, 0.1) is 0 Å². The van der Waals surface area contributed by atoms with Crippen molar-refractivity contribution in [1.82, 2.24) is 4.31 Å². The van der Waals surface area contributed by atoms with Gasteiger partial charge in [0.05, 0.1) is 18.5 Å². The summed E-state index contributed by atoms with van der Waals surface area (Å²) in [7, 11) is -3.15. The third-order valence-electron chi connectivity index (χ3n) is 3.40. The average Bonchev–Trinajstić information content (AvgIpc) is 2.45. The molecule has 0 N–H and O–H groups in total. The van der Waals surface area contributed by atoms with E-state index in [0.29, 0.717) is 26.1 Å². The Bertz CT molecular complexity index is 547. The highest BCUT2D eigenvalue weighted by molar-refractivity contribution is 9.10. The van der Waals surface area contributed by atoms with Crippen molar-refractivity contribution in [3.63, 3.8) is 0 Å². The zero-order chi connectivity index (χ0) is 14.6. The van der Waals surface area contributed by atoms with E-state index in [1.165, 1.54) is 0 Å². The Morgan fingerprint density at radius 1 is 1.45 bits per heavy atom. The maximum atomic E-state index is 12.2. The molecule has 0 radical (unpaired) electrons. The van der Waals surface area contributed by atoms with Gasteiger partial charge in [-0.15, -0.1) is 0 Å². The fourth-order valence-electron chi connectivity index (χ4n) is 2.24. The van der Waals surface area contributed by atoms with Crippen LogP contribution >= 0.6 is 15.9 Å². The number of ether oxygens (including phenoxy) is 1. The van der Waals surface area contributed by atoms with Gasteiger partial charge in [0.25, 0.3) is 0 Å². The number of hydrogen-bond donors (Lipinski definition) is 0. The monoisotopic (exact) mass is 361 g/mol. The summed E-state index contributed by atoms with van der Waals surface area (Å²) in [5.74, 6) is 0.231. The molecular weight excluding hydrogens is 342 g/mol. The van der Waals surface area contributed by atoms with Gasteiger partial charge in [-0.1, -0.05) is 41.4 Å². The average molecular weight is 362 g/mol. The van der Waals surface area contributed by atoms with E-state index < -0.39 is 10.0 Å². The van der Waals surface area contributed by atoms with Gasteiger partial charge < -0.3 is 4.74 Å². The maximum Gasteiger partial charge on any atom is 0.214 e. The number of rotatable bonds is 5. The van der Waals surface area contributed by atoms with Gasteiger partial charge in [-0.2, -0.15) is 4.31 Å². The predicted molar refractivity (Wildman–Crippen MR) is 83.1 cm³/mol. The molecule has 0 aromatic heterocycles. The highest BCUT2D eigenvalue weighted by Crippen LogP contribution is 2.26. The molecule has 0 spiro atoms. The Balaban J connectivity index is 2.09. The minimum Gasteiger partial charge on any atom is -0.371 e. The Morgan fingerprint density at radius 3 is 2.95 bits per heavy atom. The molecule has 0 saturated carbocycles. The third kappa shape index (κ3) is 4.04. The number of unbranched alkanes of at least 4 members (excludes halogenated alkanes) is 1. The molecule has 0 amide bonds. The molecule has 1 aromatic carbocycles. The Kier molecular flexibility index (Phi) is 5.60. The van der Waals surface area contributed by atoms with Crippen molar-refractivity contribution >= 4 is 26.0 Å². The van der Waals surface area contributed by atoms with Crippen LogP contribution < -0.4 is 0 Å². The minimum atomic E-state index is -3.15. The number of sulfonamides is 1. The van der Waals surface area contributed by atoms with E-state index in [-0.39, 0.29) is 11.9 Å². The van der Waals surface area contributed by atoms with E-state index in [1.54, 1.807) is 4.31 Å². The summed E-state index contributed by atoms with van der Waals surface area (Å²) in [6, 6.07) is 7.83. The van der Waals surface area contributed by atoms with E-state index in [4.69, 9.17) is 4.74 Å². The minimum absolute atomic E-state index is 0.183. The Morgan fingerprint density at radius 2 is 2.25 bits per heavy atom. The van der Waals surface area contributed by atoms with Gasteiger partial charge in [-0.3, -0.25) is 0 Å². The largest absolute Gasteiger partial charge is 0.371 e. The zero-order valence-corrected chi connectivity index (χ0v) is 14.0. The van der Waals surface area contributed by atoms with Crippen molar-refractivity contribution in [2.75, 3.05) is 25.4 Å². The molecule has 1 heterocycles. The molecule has 2 rings (SSSR count). The molecule has 20 heavy (non-hydrogen) atoms. The highest BCUT2D eigenvalue weighted by Gasteiger charge is 2.29. The van der Waals surface area contributed by atoms with Crippen LogP contribution in [0.2, 0.25) is 0 Å². The van der Waals surface area contributed by atoms with E-state index in [0.717, 1.165) is 16.5 Å². The van der Waals surface area contributed by atoms with Gasteiger partial charge in [0, 0.05) is 17.6 Å². The second-order valence-electron chi connectivity index (χ2n) is 4.94. The summed E-state index contributed by atoms with van der Waals surface area (Å²) in [4.78, 5) is 0. The molecule has 4 nitrogen and oxygen atoms in total. The lowest BCUT2D eigenvalue weighted by atomic mass is 10.1. The second-order valence-corrected chi connectivity index (χ2v) is 7.95. The lowest BCUT2D eigenvalue weighted by Gasteiger charge is -2.32. The van der Waals surface area contributed by atoms with Crippen LogP contribution in [0.5, 0.6) is 0 Å². The topological polar surface area (TPSA) is 46.6 Å². The van der Waals surface area contributed by atoms with Crippen molar-refractivity contribution in [3.05, 3.63) is 34.3 Å². The molecule has 1 aromatic rings. The van der Waals surface area contributed by atoms with Gasteiger partial charge in [0.15, 0.2) is 0 Å². The van der Waals surface area contributed by atoms with Crippen LogP contribution in [0.1, 0.15) is 31.4 Å². The van der Waals surface area contributed by atoms with Crippen LogP contribution in [0.25, 0.3) is 0 Å². The fraction of sp³-hybridized carbons (Fsp3) is 0.571. The van der Waals surface area contributed by atoms with Crippen LogP contribution in [0.15, 0.2) is 28.7 Å². The summed E-state index contributed by atoms with van der Waals surface area (Å²) in [6.45, 7) is 3.31. The zero-order valence-electron chi connectivity index (χ0n) is 11.6. The molecule has 1 fully saturated rings. The predicted octanol–water partition coefficient (Wildman–Crippen LogP) is 2.95. The van der Waals surface area contributed by atoms with Gasteiger partial charge in [-0.25, -0.2) is 8.42 Å². The first kappa shape index (κ1) is 15.9. The number of hydrogen-bond acceptors (Lipinski definition) is 3. The Hall–Kier alpha value is -0.430. The van der Waals surface area contributed by atoms with Crippen LogP contribution in [0.4, 0.5) is 0 Å². The van der Waals surface area contributed by atoms with E-state index in [1.807, 2.05) is 31.2 Å². The van der Waals surface area contributed by atoms with E-state index >= 15 is 0 Å². The first-order valence-corrected chi connectivity index (χ1v) is 9.28. The summed E-state index contributed by atoms with van der Waals surface area (Å²) < 4.78 is 32.8. The molecule has 0 bridgehead atoms. The van der Waals surface area contributed by atoms with E-state index in [2.05, 4.69) is 15.9 Å². The number of benzene rings is 1. The number of morpholine rings is 1. The maximum absolute atomic E-state index is 12.2. The quantitative estimate of drug-likeness (QED) is 0.809. The van der Waals surface area contributed by atoms with Crippen molar-refractivity contribution in [2.24, 2.45) is 0 Å². The summed E-state index contributed by atoms with van der Waals surface area (Å²) in [5.41, 5.74) is 1.01. The van der Waals surface area contributed by atoms with Gasteiger partial charge in [0.1, 0.15) is 0 Å². The molecule has 1 unspecified atom stereocenters. The summed E-state index contributed by atoms with van der Waals surface area (Å²) in [5, 5.41) is 0. The molecule has 112 valence electrons. The highest BCUT2D eigenvalue weighted by atomic mass is 79.9. The van der Waals surface area contributed by atoms with Gasteiger partial charge in [0.2, 0.25) is 10.0 Å². The molecule has 0 aliphatic carbocycles. The molecular formula is C14H20BrNO3S. The second kappa shape index (κ2) is 7.02. The smallest absolute Gasteiger partial charge is 0.214 e. The van der Waals surface area contributed by atoms with Crippen LogP contribution in [-0.2, 0) is 14.8 Å². The summed E-state index contributed by atoms with van der Waals surface area (Å²) >= 11 is 3.43. The van der Waals surface area contributed by atoms with Crippen LogP contribution in [0.3, 0.4) is 0 Å². The normalized spacial score (nSPS) is 21.0. The Labute approximate surface area is 129 Å². The number of halogens is 1.